The molecule has 33 heavy (non-hydrogen) atoms. The number of halogens is 2. The van der Waals surface area contributed by atoms with Crippen LogP contribution in [0.4, 0.5) is 0 Å². The van der Waals surface area contributed by atoms with Crippen molar-refractivity contribution in [1.82, 2.24) is 29.6 Å². The fourth-order valence-corrected chi connectivity index (χ4v) is 5.18. The second kappa shape index (κ2) is 9.10. The summed E-state index contributed by atoms with van der Waals surface area (Å²) in [6, 6.07) is 5.72. The molecule has 1 saturated carbocycles. The first-order chi connectivity index (χ1) is 15.7. The molecule has 0 unspecified atom stereocenters. The maximum absolute atomic E-state index is 11.3. The standard InChI is InChI=1S/C21H24BrClN6O3S/c1-33(30,31)25-7-14-9-28(10-14)12-15-6-16(23)8-24-21(15)32-18-5-4-17-20(19(18)22)26-27-29(17)11-13-2-3-13/h4-6,8,13-14,25H,2-3,7,9-12H2,1H3. The van der Waals surface area contributed by atoms with Crippen LogP contribution in [0.25, 0.3) is 11.0 Å². The van der Waals surface area contributed by atoms with Gasteiger partial charge in [-0.2, -0.15) is 0 Å². The van der Waals surface area contributed by atoms with E-state index in [4.69, 9.17) is 16.3 Å². The molecule has 2 aromatic heterocycles. The lowest BCUT2D eigenvalue weighted by molar-refractivity contribution is 0.0945. The first-order valence-electron chi connectivity index (χ1n) is 10.8. The predicted octanol–water partition coefficient (Wildman–Crippen LogP) is 3.43. The molecule has 0 amide bonds. The third kappa shape index (κ3) is 5.48. The number of nitrogens with one attached hydrogen (secondary N) is 1. The number of aromatic nitrogens is 4. The lowest BCUT2D eigenvalue weighted by atomic mass is 10.00. The Morgan fingerprint density at radius 1 is 1.27 bits per heavy atom. The van der Waals surface area contributed by atoms with Crippen LogP contribution in [-0.4, -0.2) is 59.2 Å². The number of hydrogen-bond donors (Lipinski definition) is 1. The first kappa shape index (κ1) is 23.0. The molecule has 1 aliphatic heterocycles. The zero-order chi connectivity index (χ0) is 23.2. The molecule has 1 aliphatic carbocycles. The highest BCUT2D eigenvalue weighted by atomic mass is 79.9. The van der Waals surface area contributed by atoms with Gasteiger partial charge in [0.25, 0.3) is 0 Å². The average Bonchev–Trinajstić information content (AvgIpc) is 3.45. The van der Waals surface area contributed by atoms with Gasteiger partial charge in [0.1, 0.15) is 11.3 Å². The molecule has 5 rings (SSSR count). The van der Waals surface area contributed by atoms with Gasteiger partial charge in [0.15, 0.2) is 0 Å². The highest BCUT2D eigenvalue weighted by molar-refractivity contribution is 9.10. The second-order valence-corrected chi connectivity index (χ2v) is 11.9. The molecule has 2 fully saturated rings. The van der Waals surface area contributed by atoms with Crippen molar-refractivity contribution in [3.05, 3.63) is 39.5 Å². The van der Waals surface area contributed by atoms with E-state index in [0.29, 0.717) is 35.7 Å². The number of nitrogens with zero attached hydrogens (tertiary/aromatic N) is 5. The summed E-state index contributed by atoms with van der Waals surface area (Å²) in [6.45, 7) is 3.52. The van der Waals surface area contributed by atoms with E-state index in [1.165, 1.54) is 19.1 Å². The van der Waals surface area contributed by atoms with Crippen molar-refractivity contribution in [1.29, 1.82) is 0 Å². The van der Waals surface area contributed by atoms with Crippen molar-refractivity contribution in [3.8, 4) is 11.6 Å². The molecule has 0 spiro atoms. The topological polar surface area (TPSA) is 102 Å². The normalized spacial score (nSPS) is 17.4. The molecule has 12 heteroatoms. The molecule has 2 aliphatic rings. The quantitative estimate of drug-likeness (QED) is 0.432. The third-order valence-electron chi connectivity index (χ3n) is 5.88. The number of benzene rings is 1. The van der Waals surface area contributed by atoms with Crippen LogP contribution in [0.1, 0.15) is 18.4 Å². The minimum Gasteiger partial charge on any atom is -0.437 e. The Kier molecular flexibility index (Phi) is 6.34. The Morgan fingerprint density at radius 2 is 2.06 bits per heavy atom. The summed E-state index contributed by atoms with van der Waals surface area (Å²) in [6.07, 6.45) is 5.24. The van der Waals surface area contributed by atoms with E-state index in [0.717, 1.165) is 40.7 Å². The van der Waals surface area contributed by atoms with Crippen molar-refractivity contribution in [2.45, 2.75) is 25.9 Å². The molecular formula is C21H24BrClN6O3S. The van der Waals surface area contributed by atoms with E-state index < -0.39 is 10.0 Å². The molecule has 0 radical (unpaired) electrons. The molecule has 176 valence electrons. The van der Waals surface area contributed by atoms with Crippen LogP contribution in [0.2, 0.25) is 5.02 Å². The number of ether oxygens (including phenoxy) is 1. The number of pyridine rings is 1. The van der Waals surface area contributed by atoms with Gasteiger partial charge in [-0.1, -0.05) is 16.8 Å². The Labute approximate surface area is 205 Å². The van der Waals surface area contributed by atoms with Gasteiger partial charge >= 0.3 is 0 Å². The Bertz CT molecular complexity index is 1290. The second-order valence-electron chi connectivity index (χ2n) is 8.86. The molecule has 0 bridgehead atoms. The van der Waals surface area contributed by atoms with Crippen LogP contribution in [0.3, 0.4) is 0 Å². The Balaban J connectivity index is 1.29. The third-order valence-corrected chi connectivity index (χ3v) is 7.54. The summed E-state index contributed by atoms with van der Waals surface area (Å²) in [5.74, 6) is 2.07. The summed E-state index contributed by atoms with van der Waals surface area (Å²) in [4.78, 5) is 6.62. The molecule has 1 saturated heterocycles. The highest BCUT2D eigenvalue weighted by Crippen LogP contribution is 2.37. The fraction of sp³-hybridized carbons (Fsp3) is 0.476. The van der Waals surface area contributed by atoms with Gasteiger partial charge in [-0.15, -0.1) is 5.10 Å². The van der Waals surface area contributed by atoms with Crippen molar-refractivity contribution in [3.63, 3.8) is 0 Å². The zero-order valence-corrected chi connectivity index (χ0v) is 21.2. The van der Waals surface area contributed by atoms with Crippen LogP contribution in [-0.2, 0) is 23.1 Å². The highest BCUT2D eigenvalue weighted by Gasteiger charge is 2.28. The van der Waals surface area contributed by atoms with Crippen molar-refractivity contribution < 1.29 is 13.2 Å². The summed E-state index contributed by atoms with van der Waals surface area (Å²) in [7, 11) is -3.17. The molecule has 1 aromatic carbocycles. The van der Waals surface area contributed by atoms with Crippen LogP contribution >= 0.6 is 27.5 Å². The average molecular weight is 556 g/mol. The van der Waals surface area contributed by atoms with Gasteiger partial charge in [0.2, 0.25) is 15.9 Å². The smallest absolute Gasteiger partial charge is 0.223 e. The maximum atomic E-state index is 11.3. The maximum Gasteiger partial charge on any atom is 0.223 e. The minimum absolute atomic E-state index is 0.283. The van der Waals surface area contributed by atoms with Crippen LogP contribution in [0.5, 0.6) is 11.6 Å². The molecule has 3 heterocycles. The van der Waals surface area contributed by atoms with E-state index in [1.807, 2.05) is 22.9 Å². The van der Waals surface area contributed by atoms with Crippen LogP contribution in [0.15, 0.2) is 28.9 Å². The summed E-state index contributed by atoms with van der Waals surface area (Å²) < 4.78 is 34.0. The number of sulfonamides is 1. The first-order valence-corrected chi connectivity index (χ1v) is 13.8. The summed E-state index contributed by atoms with van der Waals surface area (Å²) in [5, 5.41) is 9.18. The van der Waals surface area contributed by atoms with Crippen molar-refractivity contribution in [2.24, 2.45) is 11.8 Å². The lowest BCUT2D eigenvalue weighted by Gasteiger charge is -2.39. The number of likely N-dealkylation sites (tertiary alicyclic amines) is 1. The SMILES string of the molecule is CS(=O)(=O)NCC1CN(Cc2cc(Cl)cnc2Oc2ccc3c(nnn3CC3CC3)c2Br)C1. The van der Waals surface area contributed by atoms with E-state index in [1.54, 1.807) is 6.20 Å². The largest absolute Gasteiger partial charge is 0.437 e. The van der Waals surface area contributed by atoms with E-state index in [9.17, 15) is 8.42 Å². The minimum atomic E-state index is -3.17. The zero-order valence-electron chi connectivity index (χ0n) is 18.0. The summed E-state index contributed by atoms with van der Waals surface area (Å²) in [5.41, 5.74) is 2.59. The Hall–Kier alpha value is -1.79. The molecule has 9 nitrogen and oxygen atoms in total. The monoisotopic (exact) mass is 554 g/mol. The van der Waals surface area contributed by atoms with Crippen molar-refractivity contribution >= 4 is 48.6 Å². The van der Waals surface area contributed by atoms with Gasteiger partial charge in [-0.3, -0.25) is 4.90 Å². The van der Waals surface area contributed by atoms with Crippen LogP contribution in [0, 0.1) is 11.8 Å². The molecule has 0 atom stereocenters. The fourth-order valence-electron chi connectivity index (χ4n) is 3.97. The van der Waals surface area contributed by atoms with Crippen molar-refractivity contribution in [2.75, 3.05) is 25.9 Å². The van der Waals surface area contributed by atoms with Gasteiger partial charge in [-0.05, 0) is 58.8 Å². The lowest BCUT2D eigenvalue weighted by Crippen LogP contribution is -2.50. The number of fused-ring (bicyclic) bond motifs is 1. The molecule has 1 N–H and O–H groups in total. The molecule has 3 aromatic rings. The van der Waals surface area contributed by atoms with E-state index in [2.05, 4.69) is 40.8 Å². The molecular weight excluding hydrogens is 532 g/mol. The Morgan fingerprint density at radius 3 is 2.79 bits per heavy atom. The number of rotatable bonds is 9. The van der Waals surface area contributed by atoms with E-state index in [-0.39, 0.29) is 5.92 Å². The van der Waals surface area contributed by atoms with Gasteiger partial charge in [-0.25, -0.2) is 22.8 Å². The van der Waals surface area contributed by atoms with Gasteiger partial charge < -0.3 is 4.74 Å². The number of hydrogen-bond acceptors (Lipinski definition) is 7. The predicted molar refractivity (Wildman–Crippen MR) is 129 cm³/mol. The summed E-state index contributed by atoms with van der Waals surface area (Å²) >= 11 is 9.84. The van der Waals surface area contributed by atoms with Gasteiger partial charge in [0.05, 0.1) is 21.3 Å². The van der Waals surface area contributed by atoms with Crippen LogP contribution < -0.4 is 9.46 Å². The van der Waals surface area contributed by atoms with Gasteiger partial charge in [0, 0.05) is 44.5 Å². The van der Waals surface area contributed by atoms with E-state index >= 15 is 0 Å².